The third-order valence-electron chi connectivity index (χ3n) is 3.76. The van der Waals surface area contributed by atoms with E-state index in [1.54, 1.807) is 13.1 Å². The highest BCUT2D eigenvalue weighted by Crippen LogP contribution is 2.23. The molecule has 0 radical (unpaired) electrons. The molecule has 0 aliphatic carbocycles. The summed E-state index contributed by atoms with van der Waals surface area (Å²) < 4.78 is 36.9. The van der Waals surface area contributed by atoms with Crippen molar-refractivity contribution < 1.29 is 18.3 Å². The fourth-order valence-corrected chi connectivity index (χ4v) is 2.57. The van der Waals surface area contributed by atoms with Crippen molar-refractivity contribution in [3.8, 4) is 0 Å². The van der Waals surface area contributed by atoms with Gasteiger partial charge in [-0.2, -0.15) is 13.2 Å². The van der Waals surface area contributed by atoms with Crippen molar-refractivity contribution in [1.29, 1.82) is 0 Å². The Labute approximate surface area is 134 Å². The Morgan fingerprint density at radius 3 is 2.78 bits per heavy atom. The van der Waals surface area contributed by atoms with E-state index in [0.29, 0.717) is 18.7 Å². The van der Waals surface area contributed by atoms with Crippen LogP contribution in [-0.2, 0) is 13.0 Å². The van der Waals surface area contributed by atoms with Crippen LogP contribution >= 0.6 is 0 Å². The summed E-state index contributed by atoms with van der Waals surface area (Å²) in [5, 5.41) is 13.1. The van der Waals surface area contributed by atoms with Crippen molar-refractivity contribution in [2.75, 3.05) is 19.7 Å². The fraction of sp³-hybridized carbons (Fsp3) is 0.562. The molecule has 0 spiro atoms. The van der Waals surface area contributed by atoms with Gasteiger partial charge >= 0.3 is 6.18 Å². The first-order chi connectivity index (χ1) is 10.9. The Balaban J connectivity index is 1.95. The number of aliphatic hydroxyl groups is 1. The zero-order valence-corrected chi connectivity index (χ0v) is 13.2. The average Bonchev–Trinajstić information content (AvgIpc) is 2.90. The van der Waals surface area contributed by atoms with Gasteiger partial charge in [-0.3, -0.25) is 4.98 Å². The molecule has 0 fully saturated rings. The van der Waals surface area contributed by atoms with Crippen LogP contribution in [0.25, 0.3) is 0 Å². The van der Waals surface area contributed by atoms with Gasteiger partial charge in [-0.05, 0) is 30.9 Å². The summed E-state index contributed by atoms with van der Waals surface area (Å²) in [5.41, 5.74) is 2.26. The summed E-state index contributed by atoms with van der Waals surface area (Å²) in [7, 11) is 0. The molecule has 1 aromatic heterocycles. The van der Waals surface area contributed by atoms with Crippen LogP contribution in [-0.4, -0.2) is 46.0 Å². The lowest BCUT2D eigenvalue weighted by Crippen LogP contribution is -2.35. The van der Waals surface area contributed by atoms with E-state index in [1.807, 2.05) is 23.4 Å². The molecule has 0 aromatic carbocycles. The van der Waals surface area contributed by atoms with Crippen molar-refractivity contribution in [3.63, 3.8) is 0 Å². The maximum atomic E-state index is 12.3. The molecule has 1 aromatic rings. The van der Waals surface area contributed by atoms with Gasteiger partial charge in [-0.25, -0.2) is 5.01 Å². The molecule has 0 atom stereocenters. The molecule has 0 unspecified atom stereocenters. The summed E-state index contributed by atoms with van der Waals surface area (Å²) in [5.74, 6) is 0. The molecule has 0 bridgehead atoms. The molecule has 0 saturated carbocycles. The topological polar surface area (TPSA) is 39.6 Å². The highest BCUT2D eigenvalue weighted by atomic mass is 19.4. The number of aliphatic hydroxyl groups excluding tert-OH is 1. The van der Waals surface area contributed by atoms with Gasteiger partial charge in [0.15, 0.2) is 0 Å². The normalized spacial score (nSPS) is 15.6. The van der Waals surface area contributed by atoms with E-state index in [-0.39, 0.29) is 13.0 Å². The van der Waals surface area contributed by atoms with E-state index in [1.165, 1.54) is 0 Å². The highest BCUT2D eigenvalue weighted by molar-refractivity contribution is 5.24. The standard InChI is InChI=1S/C16H22F3N3O/c1-13-10-14(11-20-15(13)4-5-16(17,18)19)12-22-7-2-6-21(22)8-3-9-23/h2,6,10-11,23H,3-5,7-9,12H2,1H3. The van der Waals surface area contributed by atoms with Crippen LogP contribution in [0.1, 0.15) is 29.7 Å². The lowest BCUT2D eigenvalue weighted by molar-refractivity contribution is -0.134. The predicted octanol–water partition coefficient (Wildman–Crippen LogP) is 2.81. The number of alkyl halides is 3. The molecule has 1 aliphatic rings. The fourth-order valence-electron chi connectivity index (χ4n) is 2.57. The molecular formula is C16H22F3N3O. The van der Waals surface area contributed by atoms with Gasteiger partial charge in [-0.1, -0.05) is 12.1 Å². The monoisotopic (exact) mass is 329 g/mol. The molecule has 0 amide bonds. The van der Waals surface area contributed by atoms with Crippen molar-refractivity contribution in [2.45, 2.75) is 38.9 Å². The molecule has 7 heteroatoms. The smallest absolute Gasteiger partial charge is 0.389 e. The lowest BCUT2D eigenvalue weighted by Gasteiger charge is -2.29. The van der Waals surface area contributed by atoms with Crippen molar-refractivity contribution in [3.05, 3.63) is 41.4 Å². The van der Waals surface area contributed by atoms with Crippen LogP contribution < -0.4 is 0 Å². The minimum Gasteiger partial charge on any atom is -0.396 e. The summed E-state index contributed by atoms with van der Waals surface area (Å²) in [6.45, 7) is 4.11. The Kier molecular flexibility index (Phi) is 6.01. The lowest BCUT2D eigenvalue weighted by atomic mass is 10.1. The highest BCUT2D eigenvalue weighted by Gasteiger charge is 2.27. The van der Waals surface area contributed by atoms with Crippen molar-refractivity contribution in [1.82, 2.24) is 15.0 Å². The SMILES string of the molecule is Cc1cc(CN2CC=CN2CCCO)cnc1CCC(F)(F)F. The Bertz CT molecular complexity index is 546. The van der Waals surface area contributed by atoms with Gasteiger partial charge in [-0.15, -0.1) is 0 Å². The van der Waals surface area contributed by atoms with Crippen LogP contribution in [0.4, 0.5) is 13.2 Å². The minimum atomic E-state index is -4.15. The third kappa shape index (κ3) is 5.51. The van der Waals surface area contributed by atoms with E-state index in [2.05, 4.69) is 9.99 Å². The second-order valence-electron chi connectivity index (χ2n) is 5.69. The van der Waals surface area contributed by atoms with Gasteiger partial charge in [0.25, 0.3) is 0 Å². The molecule has 1 aliphatic heterocycles. The van der Waals surface area contributed by atoms with E-state index in [9.17, 15) is 13.2 Å². The van der Waals surface area contributed by atoms with Gasteiger partial charge in [0, 0.05) is 50.8 Å². The number of hydrogen-bond donors (Lipinski definition) is 1. The first-order valence-corrected chi connectivity index (χ1v) is 7.69. The molecule has 4 nitrogen and oxygen atoms in total. The summed E-state index contributed by atoms with van der Waals surface area (Å²) in [6.07, 6.45) is 1.29. The second-order valence-corrected chi connectivity index (χ2v) is 5.69. The van der Waals surface area contributed by atoms with Crippen LogP contribution in [0.2, 0.25) is 0 Å². The molecular weight excluding hydrogens is 307 g/mol. The summed E-state index contributed by atoms with van der Waals surface area (Å²) >= 11 is 0. The van der Waals surface area contributed by atoms with Crippen LogP contribution in [0.3, 0.4) is 0 Å². The van der Waals surface area contributed by atoms with Crippen molar-refractivity contribution >= 4 is 0 Å². The van der Waals surface area contributed by atoms with E-state index in [4.69, 9.17) is 5.11 Å². The molecule has 128 valence electrons. The average molecular weight is 329 g/mol. The first kappa shape index (κ1) is 17.7. The number of hydrazine groups is 1. The number of pyridine rings is 1. The Morgan fingerprint density at radius 1 is 1.35 bits per heavy atom. The molecule has 0 saturated heterocycles. The largest absolute Gasteiger partial charge is 0.396 e. The summed E-state index contributed by atoms with van der Waals surface area (Å²) in [4.78, 5) is 4.20. The minimum absolute atomic E-state index is 0.0799. The maximum Gasteiger partial charge on any atom is 0.389 e. The van der Waals surface area contributed by atoms with Crippen LogP contribution in [0.15, 0.2) is 24.5 Å². The van der Waals surface area contributed by atoms with E-state index >= 15 is 0 Å². The molecule has 23 heavy (non-hydrogen) atoms. The zero-order valence-electron chi connectivity index (χ0n) is 13.2. The zero-order chi connectivity index (χ0) is 16.9. The molecule has 2 heterocycles. The van der Waals surface area contributed by atoms with Gasteiger partial charge < -0.3 is 10.1 Å². The molecule has 2 rings (SSSR count). The second kappa shape index (κ2) is 7.79. The van der Waals surface area contributed by atoms with Crippen LogP contribution in [0.5, 0.6) is 0 Å². The Hall–Kier alpha value is -1.60. The van der Waals surface area contributed by atoms with E-state index < -0.39 is 12.6 Å². The first-order valence-electron chi connectivity index (χ1n) is 7.69. The number of aromatic nitrogens is 1. The quantitative estimate of drug-likeness (QED) is 0.835. The predicted molar refractivity (Wildman–Crippen MR) is 81.3 cm³/mol. The van der Waals surface area contributed by atoms with Gasteiger partial charge in [0.05, 0.1) is 0 Å². The number of hydrogen-bond acceptors (Lipinski definition) is 4. The van der Waals surface area contributed by atoms with Gasteiger partial charge in [0.1, 0.15) is 0 Å². The number of halogens is 3. The maximum absolute atomic E-state index is 12.3. The number of aryl methyl sites for hydroxylation is 2. The van der Waals surface area contributed by atoms with Crippen molar-refractivity contribution in [2.24, 2.45) is 0 Å². The summed E-state index contributed by atoms with van der Waals surface area (Å²) in [6, 6.07) is 1.90. The van der Waals surface area contributed by atoms with Gasteiger partial charge in [0.2, 0.25) is 0 Å². The molecule has 1 N–H and O–H groups in total. The number of rotatable bonds is 7. The Morgan fingerprint density at radius 2 is 2.13 bits per heavy atom. The third-order valence-corrected chi connectivity index (χ3v) is 3.76. The number of nitrogens with zero attached hydrogens (tertiary/aromatic N) is 3. The van der Waals surface area contributed by atoms with Crippen LogP contribution in [0, 0.1) is 6.92 Å². The van der Waals surface area contributed by atoms with E-state index in [0.717, 1.165) is 24.2 Å².